The predicted octanol–water partition coefficient (Wildman–Crippen LogP) is 3.92. The van der Waals surface area contributed by atoms with Crippen molar-refractivity contribution < 1.29 is 4.79 Å². The van der Waals surface area contributed by atoms with Gasteiger partial charge in [0, 0.05) is 12.8 Å². The van der Waals surface area contributed by atoms with E-state index < -0.39 is 5.54 Å². The number of hydrogen-bond donors (Lipinski definition) is 1. The number of carbonyl (C=O) groups is 1. The van der Waals surface area contributed by atoms with Crippen LogP contribution in [0, 0.1) is 0 Å². The average Bonchev–Trinajstić information content (AvgIpc) is 2.62. The lowest BCUT2D eigenvalue weighted by Crippen LogP contribution is -2.53. The summed E-state index contributed by atoms with van der Waals surface area (Å²) in [6, 6.07) is 25.5. The van der Waals surface area contributed by atoms with Crippen LogP contribution in [-0.2, 0) is 10.3 Å². The van der Waals surface area contributed by atoms with Gasteiger partial charge in [-0.15, -0.1) is 0 Å². The summed E-state index contributed by atoms with van der Waals surface area (Å²) in [5.74, 6) is 0.221. The molecule has 2 heteroatoms. The van der Waals surface area contributed by atoms with Gasteiger partial charge < -0.3 is 5.32 Å². The first-order valence-electron chi connectivity index (χ1n) is 8.30. The minimum Gasteiger partial charge on any atom is -0.339 e. The average molecular weight is 311 g/mol. The SMILES string of the molecule is CC(=O)NC12c3ccccc3C(c3ccccc31)c1ccccc12. The predicted molar refractivity (Wildman–Crippen MR) is 94.0 cm³/mol. The minimum absolute atomic E-state index is 0.0187. The topological polar surface area (TPSA) is 29.1 Å². The van der Waals surface area contributed by atoms with Crippen molar-refractivity contribution in [1.29, 1.82) is 0 Å². The van der Waals surface area contributed by atoms with E-state index in [1.165, 1.54) is 33.4 Å². The van der Waals surface area contributed by atoms with Crippen LogP contribution in [0.3, 0.4) is 0 Å². The second-order valence-electron chi connectivity index (χ2n) is 6.63. The number of hydrogen-bond acceptors (Lipinski definition) is 1. The molecule has 2 bridgehead atoms. The van der Waals surface area contributed by atoms with E-state index in [9.17, 15) is 4.79 Å². The third-order valence-electron chi connectivity index (χ3n) is 5.39. The van der Waals surface area contributed by atoms with Gasteiger partial charge in [0.2, 0.25) is 5.91 Å². The largest absolute Gasteiger partial charge is 0.339 e. The zero-order valence-corrected chi connectivity index (χ0v) is 13.4. The minimum atomic E-state index is -0.593. The highest BCUT2D eigenvalue weighted by Gasteiger charge is 2.51. The fourth-order valence-electron chi connectivity index (χ4n) is 4.67. The molecule has 0 atom stereocenters. The Bertz CT molecular complexity index is 873. The van der Waals surface area contributed by atoms with Gasteiger partial charge in [0.05, 0.1) is 0 Å². The van der Waals surface area contributed by atoms with E-state index >= 15 is 0 Å². The Kier molecular flexibility index (Phi) is 2.58. The van der Waals surface area contributed by atoms with Gasteiger partial charge in [-0.25, -0.2) is 0 Å². The highest BCUT2D eigenvalue weighted by atomic mass is 16.1. The summed E-state index contributed by atoms with van der Waals surface area (Å²) >= 11 is 0. The third-order valence-corrected chi connectivity index (χ3v) is 5.39. The zero-order valence-electron chi connectivity index (χ0n) is 13.4. The number of nitrogens with one attached hydrogen (secondary N) is 1. The Morgan fingerprint density at radius 3 is 1.50 bits per heavy atom. The molecule has 2 nitrogen and oxygen atoms in total. The molecule has 0 saturated carbocycles. The normalized spacial score (nSPS) is 22.3. The Labute approximate surface area is 141 Å². The van der Waals surface area contributed by atoms with Crippen LogP contribution < -0.4 is 5.32 Å². The first-order valence-corrected chi connectivity index (χ1v) is 8.30. The molecule has 0 aromatic heterocycles. The molecule has 0 heterocycles. The van der Waals surface area contributed by atoms with Crippen LogP contribution >= 0.6 is 0 Å². The van der Waals surface area contributed by atoms with Crippen LogP contribution in [0.4, 0.5) is 0 Å². The molecule has 3 aromatic carbocycles. The van der Waals surface area contributed by atoms with Crippen molar-refractivity contribution in [3.63, 3.8) is 0 Å². The van der Waals surface area contributed by atoms with E-state index in [0.717, 1.165) is 0 Å². The van der Waals surface area contributed by atoms with E-state index in [1.807, 2.05) is 0 Å². The third kappa shape index (κ3) is 1.48. The van der Waals surface area contributed by atoms with Crippen LogP contribution in [-0.4, -0.2) is 5.91 Å². The zero-order chi connectivity index (χ0) is 16.3. The monoisotopic (exact) mass is 311 g/mol. The van der Waals surface area contributed by atoms with Gasteiger partial charge in [-0.05, 0) is 33.4 Å². The van der Waals surface area contributed by atoms with Crippen molar-refractivity contribution in [3.8, 4) is 0 Å². The quantitative estimate of drug-likeness (QED) is 0.725. The molecule has 3 aliphatic rings. The van der Waals surface area contributed by atoms with Gasteiger partial charge in [0.25, 0.3) is 0 Å². The molecular formula is C22H17NO. The lowest BCUT2D eigenvalue weighted by atomic mass is 9.57. The van der Waals surface area contributed by atoms with E-state index in [2.05, 4.69) is 78.1 Å². The maximum atomic E-state index is 12.2. The molecule has 0 fully saturated rings. The molecule has 3 aromatic rings. The number of benzene rings is 3. The van der Waals surface area contributed by atoms with Crippen molar-refractivity contribution in [2.24, 2.45) is 0 Å². The van der Waals surface area contributed by atoms with Crippen molar-refractivity contribution in [1.82, 2.24) is 5.32 Å². The van der Waals surface area contributed by atoms with Crippen molar-refractivity contribution in [3.05, 3.63) is 106 Å². The van der Waals surface area contributed by atoms with Gasteiger partial charge in [-0.2, -0.15) is 0 Å². The Morgan fingerprint density at radius 2 is 1.12 bits per heavy atom. The molecule has 1 N–H and O–H groups in total. The first kappa shape index (κ1) is 13.6. The van der Waals surface area contributed by atoms with Crippen molar-refractivity contribution in [2.75, 3.05) is 0 Å². The molecule has 0 radical (unpaired) electrons. The maximum absolute atomic E-state index is 12.2. The molecule has 0 spiro atoms. The summed E-state index contributed by atoms with van der Waals surface area (Å²) in [6.45, 7) is 1.60. The van der Waals surface area contributed by atoms with Crippen molar-refractivity contribution >= 4 is 5.91 Å². The van der Waals surface area contributed by atoms with Crippen LogP contribution in [0.25, 0.3) is 0 Å². The lowest BCUT2D eigenvalue weighted by Gasteiger charge is -2.50. The van der Waals surface area contributed by atoms with E-state index in [4.69, 9.17) is 0 Å². The standard InChI is InChI=1S/C22H17NO/c1-14(24)23-22-18-11-5-2-8-15(18)21(16-9-3-6-12-19(16)22)17-10-4-7-13-20(17)22/h2-13,21H,1H3,(H,23,24). The highest BCUT2D eigenvalue weighted by molar-refractivity contribution is 5.80. The number of carbonyl (C=O) groups excluding carboxylic acids is 1. The van der Waals surface area contributed by atoms with Crippen LogP contribution in [0.2, 0.25) is 0 Å². The fourth-order valence-corrected chi connectivity index (χ4v) is 4.67. The second kappa shape index (κ2) is 4.57. The number of rotatable bonds is 1. The van der Waals surface area contributed by atoms with Gasteiger partial charge in [-0.1, -0.05) is 72.8 Å². The molecule has 24 heavy (non-hydrogen) atoms. The summed E-state index contributed by atoms with van der Waals surface area (Å²) in [5.41, 5.74) is 6.88. The van der Waals surface area contributed by atoms with E-state index in [0.29, 0.717) is 0 Å². The maximum Gasteiger partial charge on any atom is 0.218 e. The molecule has 1 amide bonds. The lowest BCUT2D eigenvalue weighted by molar-refractivity contribution is -0.120. The first-order chi connectivity index (χ1) is 11.7. The van der Waals surface area contributed by atoms with Crippen LogP contribution in [0.1, 0.15) is 46.2 Å². The molecule has 0 unspecified atom stereocenters. The van der Waals surface area contributed by atoms with Crippen LogP contribution in [0.5, 0.6) is 0 Å². The highest BCUT2D eigenvalue weighted by Crippen LogP contribution is 2.57. The molecule has 3 aliphatic carbocycles. The fraction of sp³-hybridized carbons (Fsp3) is 0.136. The summed E-state index contributed by atoms with van der Waals surface area (Å²) < 4.78 is 0. The Morgan fingerprint density at radius 1 is 0.750 bits per heavy atom. The Hall–Kier alpha value is -2.87. The van der Waals surface area contributed by atoms with Gasteiger partial charge in [-0.3, -0.25) is 4.79 Å². The van der Waals surface area contributed by atoms with Gasteiger partial charge >= 0.3 is 0 Å². The molecular weight excluding hydrogens is 294 g/mol. The molecule has 6 rings (SSSR count). The smallest absolute Gasteiger partial charge is 0.218 e. The van der Waals surface area contributed by atoms with Gasteiger partial charge in [0.1, 0.15) is 5.54 Å². The van der Waals surface area contributed by atoms with Crippen LogP contribution in [0.15, 0.2) is 72.8 Å². The summed E-state index contributed by atoms with van der Waals surface area (Å²) in [6.07, 6.45) is 0. The van der Waals surface area contributed by atoms with E-state index in [-0.39, 0.29) is 11.8 Å². The summed E-state index contributed by atoms with van der Waals surface area (Å²) in [4.78, 5) is 12.2. The van der Waals surface area contributed by atoms with Crippen molar-refractivity contribution in [2.45, 2.75) is 18.4 Å². The Balaban J connectivity index is 1.98. The molecule has 0 aliphatic heterocycles. The van der Waals surface area contributed by atoms with E-state index in [1.54, 1.807) is 6.92 Å². The summed E-state index contributed by atoms with van der Waals surface area (Å²) in [5, 5.41) is 3.31. The summed E-state index contributed by atoms with van der Waals surface area (Å²) in [7, 11) is 0. The van der Waals surface area contributed by atoms with Gasteiger partial charge in [0.15, 0.2) is 0 Å². The second-order valence-corrected chi connectivity index (χ2v) is 6.63. The molecule has 116 valence electrons. The molecule has 0 saturated heterocycles. The number of amides is 1.